The molecule has 1 N–H and O–H groups in total. The summed E-state index contributed by atoms with van der Waals surface area (Å²) in [6, 6.07) is 5.08. The van der Waals surface area contributed by atoms with Crippen molar-refractivity contribution in [2.45, 2.75) is 57.3 Å². The molecule has 2 fully saturated rings. The molecule has 1 aliphatic heterocycles. The Bertz CT molecular complexity index is 812. The molecule has 1 amide bonds. The van der Waals surface area contributed by atoms with Crippen LogP contribution in [0.4, 0.5) is 11.4 Å². The van der Waals surface area contributed by atoms with Crippen LogP contribution in [0.3, 0.4) is 0 Å². The molecule has 0 spiro atoms. The van der Waals surface area contributed by atoms with Gasteiger partial charge in [0, 0.05) is 32.6 Å². The van der Waals surface area contributed by atoms with Crippen LogP contribution in [0.5, 0.6) is 0 Å². The first-order valence-corrected chi connectivity index (χ1v) is 12.7. The second kappa shape index (κ2) is 10.6. The quantitative estimate of drug-likeness (QED) is 0.640. The largest absolute Gasteiger partial charge is 0.378 e. The molecule has 1 saturated carbocycles. The Balaban J connectivity index is 1.83. The van der Waals surface area contributed by atoms with Crippen molar-refractivity contribution in [3.63, 3.8) is 0 Å². The summed E-state index contributed by atoms with van der Waals surface area (Å²) in [5, 5.41) is 3.01. The van der Waals surface area contributed by atoms with Crippen LogP contribution in [0.2, 0.25) is 0 Å². The lowest BCUT2D eigenvalue weighted by atomic mass is 10.0. The first kappa shape index (κ1) is 23.0. The fourth-order valence-corrected chi connectivity index (χ4v) is 5.90. The summed E-state index contributed by atoms with van der Waals surface area (Å²) >= 11 is 0. The lowest BCUT2D eigenvalue weighted by Gasteiger charge is -2.31. The molecule has 1 saturated heterocycles. The van der Waals surface area contributed by atoms with Crippen molar-refractivity contribution in [3.8, 4) is 0 Å². The van der Waals surface area contributed by atoms with Crippen LogP contribution < -0.4 is 10.2 Å². The van der Waals surface area contributed by atoms with Crippen molar-refractivity contribution >= 4 is 27.3 Å². The number of amides is 1. The molecule has 8 heteroatoms. The van der Waals surface area contributed by atoms with Gasteiger partial charge in [-0.15, -0.1) is 0 Å². The van der Waals surface area contributed by atoms with Crippen LogP contribution in [-0.4, -0.2) is 58.0 Å². The van der Waals surface area contributed by atoms with Crippen molar-refractivity contribution in [2.24, 2.45) is 5.92 Å². The monoisotopic (exact) mass is 437 g/mol. The summed E-state index contributed by atoms with van der Waals surface area (Å²) in [6.07, 6.45) is 6.32. The second-order valence-electron chi connectivity index (χ2n) is 8.11. The number of nitrogens with zero attached hydrogens (tertiary/aromatic N) is 2. The molecule has 2 aliphatic rings. The second-order valence-corrected chi connectivity index (χ2v) is 10.0. The minimum atomic E-state index is -3.59. The highest BCUT2D eigenvalue weighted by Gasteiger charge is 2.25. The predicted octanol–water partition coefficient (Wildman–Crippen LogP) is 3.46. The maximum atomic E-state index is 13.0. The van der Waals surface area contributed by atoms with E-state index in [2.05, 4.69) is 10.2 Å². The van der Waals surface area contributed by atoms with E-state index >= 15 is 0 Å². The van der Waals surface area contributed by atoms with Gasteiger partial charge in [-0.25, -0.2) is 8.42 Å². The van der Waals surface area contributed by atoms with Gasteiger partial charge in [0.1, 0.15) is 0 Å². The van der Waals surface area contributed by atoms with Gasteiger partial charge < -0.3 is 15.0 Å². The van der Waals surface area contributed by atoms with Crippen molar-refractivity contribution in [3.05, 3.63) is 18.2 Å². The number of morpholine rings is 1. The smallest absolute Gasteiger partial charge is 0.243 e. The van der Waals surface area contributed by atoms with Gasteiger partial charge in [-0.3, -0.25) is 4.79 Å². The van der Waals surface area contributed by atoms with E-state index in [1.165, 1.54) is 30.0 Å². The fraction of sp³-hybridized carbons (Fsp3) is 0.682. The Labute approximate surface area is 180 Å². The van der Waals surface area contributed by atoms with Crippen LogP contribution in [0.1, 0.15) is 52.4 Å². The molecule has 0 atom stereocenters. The Morgan fingerprint density at radius 2 is 1.83 bits per heavy atom. The molecule has 1 aliphatic carbocycles. The highest BCUT2D eigenvalue weighted by molar-refractivity contribution is 7.89. The summed E-state index contributed by atoms with van der Waals surface area (Å²) in [5.74, 6) is 0.595. The van der Waals surface area contributed by atoms with Gasteiger partial charge >= 0.3 is 0 Å². The molecular formula is C22H35N3O4S. The zero-order chi connectivity index (χ0) is 21.6. The summed E-state index contributed by atoms with van der Waals surface area (Å²) in [5.41, 5.74) is 1.42. The molecule has 1 aromatic carbocycles. The van der Waals surface area contributed by atoms with E-state index in [-0.39, 0.29) is 10.8 Å². The number of carbonyl (C=O) groups is 1. The molecule has 1 aromatic rings. The number of hydrogen-bond donors (Lipinski definition) is 1. The van der Waals surface area contributed by atoms with E-state index in [9.17, 15) is 13.2 Å². The van der Waals surface area contributed by atoms with E-state index in [0.29, 0.717) is 57.4 Å². The van der Waals surface area contributed by atoms with Crippen LogP contribution in [0, 0.1) is 5.92 Å². The van der Waals surface area contributed by atoms with Gasteiger partial charge in [0.15, 0.2) is 0 Å². The average Bonchev–Trinajstić information content (AvgIpc) is 3.27. The SMILES string of the molecule is CCN(CC)S(=O)(=O)c1ccc(N2CCOCC2)c(NC(=O)CCC2CCCC2)c1. The van der Waals surface area contributed by atoms with Crippen molar-refractivity contribution < 1.29 is 17.9 Å². The van der Waals surface area contributed by atoms with E-state index < -0.39 is 10.0 Å². The van der Waals surface area contributed by atoms with Gasteiger partial charge in [0.05, 0.1) is 29.5 Å². The van der Waals surface area contributed by atoms with E-state index in [0.717, 1.165) is 12.1 Å². The average molecular weight is 438 g/mol. The minimum absolute atomic E-state index is 0.0474. The van der Waals surface area contributed by atoms with Crippen LogP contribution in [0.25, 0.3) is 0 Å². The lowest BCUT2D eigenvalue weighted by Crippen LogP contribution is -2.37. The molecule has 0 bridgehead atoms. The number of nitrogens with one attached hydrogen (secondary N) is 1. The molecule has 3 rings (SSSR count). The van der Waals surface area contributed by atoms with Gasteiger partial charge in [0.25, 0.3) is 0 Å². The van der Waals surface area contributed by atoms with Crippen LogP contribution in [-0.2, 0) is 19.6 Å². The van der Waals surface area contributed by atoms with Gasteiger partial charge in [-0.05, 0) is 30.5 Å². The zero-order valence-electron chi connectivity index (χ0n) is 18.2. The number of rotatable bonds is 9. The van der Waals surface area contributed by atoms with Crippen molar-refractivity contribution in [2.75, 3.05) is 49.6 Å². The molecule has 0 unspecified atom stereocenters. The summed E-state index contributed by atoms with van der Waals surface area (Å²) in [4.78, 5) is 15.1. The van der Waals surface area contributed by atoms with Crippen molar-refractivity contribution in [1.29, 1.82) is 0 Å². The molecule has 7 nitrogen and oxygen atoms in total. The Morgan fingerprint density at radius 1 is 1.17 bits per heavy atom. The third-order valence-corrected chi connectivity index (χ3v) is 8.24. The van der Waals surface area contributed by atoms with Crippen LogP contribution >= 0.6 is 0 Å². The summed E-state index contributed by atoms with van der Waals surface area (Å²) < 4.78 is 32.9. The Morgan fingerprint density at radius 3 is 2.47 bits per heavy atom. The molecular weight excluding hydrogens is 402 g/mol. The van der Waals surface area contributed by atoms with Crippen molar-refractivity contribution in [1.82, 2.24) is 4.31 Å². The van der Waals surface area contributed by atoms with Crippen LogP contribution in [0.15, 0.2) is 23.1 Å². The summed E-state index contributed by atoms with van der Waals surface area (Å²) in [6.45, 7) is 7.15. The molecule has 0 radical (unpaired) electrons. The normalized spacial score (nSPS) is 18.2. The number of ether oxygens (including phenoxy) is 1. The first-order chi connectivity index (χ1) is 14.5. The maximum Gasteiger partial charge on any atom is 0.243 e. The number of anilines is 2. The summed E-state index contributed by atoms with van der Waals surface area (Å²) in [7, 11) is -3.59. The number of carbonyl (C=O) groups excluding carboxylic acids is 1. The Kier molecular flexibility index (Phi) is 8.13. The number of benzene rings is 1. The van der Waals surface area contributed by atoms with Gasteiger partial charge in [-0.1, -0.05) is 39.5 Å². The fourth-order valence-electron chi connectivity index (χ4n) is 4.42. The standard InChI is InChI=1S/C22H35N3O4S/c1-3-25(4-2)30(27,28)19-10-11-21(24-13-15-29-16-14-24)20(17-19)23-22(26)12-9-18-7-5-6-8-18/h10-11,17-18H,3-9,12-16H2,1-2H3,(H,23,26). The third kappa shape index (κ3) is 5.53. The minimum Gasteiger partial charge on any atom is -0.378 e. The van der Waals surface area contributed by atoms with Gasteiger partial charge in [0.2, 0.25) is 15.9 Å². The van der Waals surface area contributed by atoms with Gasteiger partial charge in [-0.2, -0.15) is 4.31 Å². The number of hydrogen-bond acceptors (Lipinski definition) is 5. The highest BCUT2D eigenvalue weighted by atomic mass is 32.2. The maximum absolute atomic E-state index is 13.0. The Hall–Kier alpha value is -1.64. The lowest BCUT2D eigenvalue weighted by molar-refractivity contribution is -0.116. The molecule has 168 valence electrons. The first-order valence-electron chi connectivity index (χ1n) is 11.2. The zero-order valence-corrected chi connectivity index (χ0v) is 19.0. The molecule has 1 heterocycles. The van der Waals surface area contributed by atoms with E-state index in [1.54, 1.807) is 12.1 Å². The predicted molar refractivity (Wildman–Crippen MR) is 119 cm³/mol. The molecule has 0 aromatic heterocycles. The highest BCUT2D eigenvalue weighted by Crippen LogP contribution is 2.32. The topological polar surface area (TPSA) is 79.0 Å². The van der Waals surface area contributed by atoms with E-state index in [4.69, 9.17) is 4.74 Å². The van der Waals surface area contributed by atoms with E-state index in [1.807, 2.05) is 19.9 Å². The number of sulfonamides is 1. The third-order valence-electron chi connectivity index (χ3n) is 6.19. The molecule has 30 heavy (non-hydrogen) atoms.